The van der Waals surface area contributed by atoms with Crippen LogP contribution in [0.15, 0.2) is 0 Å². The van der Waals surface area contributed by atoms with Crippen LogP contribution in [-0.4, -0.2) is 30.2 Å². The van der Waals surface area contributed by atoms with Gasteiger partial charge in [0.2, 0.25) is 5.91 Å². The largest absolute Gasteiger partial charge is 0.345 e. The zero-order chi connectivity index (χ0) is 8.97. The Bertz CT molecular complexity index is 157. The van der Waals surface area contributed by atoms with E-state index in [0.29, 0.717) is 12.2 Å². The fourth-order valence-corrected chi connectivity index (χ4v) is 1.64. The predicted octanol–water partition coefficient (Wildman–Crippen LogP) is 1.56. The summed E-state index contributed by atoms with van der Waals surface area (Å²) in [6.07, 6.45) is 4.53. The molecule has 0 saturated heterocycles. The summed E-state index contributed by atoms with van der Waals surface area (Å²) in [6, 6.07) is 0. The maximum Gasteiger partial charge on any atom is 0.223 e. The average Bonchev–Trinajstić information content (AvgIpc) is 1.97. The van der Waals surface area contributed by atoms with Crippen LogP contribution < -0.4 is 0 Å². The van der Waals surface area contributed by atoms with Crippen molar-refractivity contribution in [3.63, 3.8) is 0 Å². The molecule has 0 atom stereocenters. The van der Waals surface area contributed by atoms with Crippen molar-refractivity contribution in [3.8, 4) is 0 Å². The van der Waals surface area contributed by atoms with E-state index in [1.807, 2.05) is 11.9 Å². The molecular formula is C9H17NOS. The van der Waals surface area contributed by atoms with Crippen LogP contribution in [0.2, 0.25) is 0 Å². The van der Waals surface area contributed by atoms with Crippen molar-refractivity contribution >= 4 is 18.5 Å². The number of thiol groups is 1. The Kier molecular flexibility index (Phi) is 3.92. The second-order valence-corrected chi connectivity index (χ2v) is 3.99. The summed E-state index contributed by atoms with van der Waals surface area (Å²) in [4.78, 5) is 13.1. The van der Waals surface area contributed by atoms with Crippen molar-refractivity contribution in [2.75, 3.05) is 19.3 Å². The van der Waals surface area contributed by atoms with Gasteiger partial charge in [-0.05, 0) is 24.5 Å². The first-order valence-electron chi connectivity index (χ1n) is 4.59. The van der Waals surface area contributed by atoms with E-state index in [4.69, 9.17) is 0 Å². The maximum atomic E-state index is 11.3. The van der Waals surface area contributed by atoms with E-state index in [0.717, 1.165) is 12.5 Å². The van der Waals surface area contributed by atoms with Crippen LogP contribution in [0.5, 0.6) is 0 Å². The van der Waals surface area contributed by atoms with Gasteiger partial charge in [0.25, 0.3) is 0 Å². The molecule has 1 fully saturated rings. The van der Waals surface area contributed by atoms with E-state index < -0.39 is 0 Å². The lowest BCUT2D eigenvalue weighted by atomic mass is 9.85. The molecule has 1 amide bonds. The van der Waals surface area contributed by atoms with Gasteiger partial charge in [0.15, 0.2) is 0 Å². The number of hydrogen-bond donors (Lipinski definition) is 1. The Morgan fingerprint density at radius 1 is 1.58 bits per heavy atom. The monoisotopic (exact) mass is 187 g/mol. The lowest BCUT2D eigenvalue weighted by molar-refractivity contribution is -0.130. The van der Waals surface area contributed by atoms with Gasteiger partial charge in [0.1, 0.15) is 0 Å². The minimum Gasteiger partial charge on any atom is -0.345 e. The van der Waals surface area contributed by atoms with Crippen molar-refractivity contribution in [2.24, 2.45) is 5.92 Å². The van der Waals surface area contributed by atoms with Gasteiger partial charge in [-0.1, -0.05) is 6.42 Å². The molecule has 3 heteroatoms. The minimum atomic E-state index is 0.233. The highest BCUT2D eigenvalue weighted by molar-refractivity contribution is 7.80. The van der Waals surface area contributed by atoms with Gasteiger partial charge in [-0.2, -0.15) is 12.6 Å². The second-order valence-electron chi connectivity index (χ2n) is 3.54. The smallest absolute Gasteiger partial charge is 0.223 e. The first-order chi connectivity index (χ1) is 5.74. The van der Waals surface area contributed by atoms with E-state index in [1.54, 1.807) is 0 Å². The van der Waals surface area contributed by atoms with Crippen molar-refractivity contribution in [1.82, 2.24) is 4.90 Å². The van der Waals surface area contributed by atoms with Gasteiger partial charge in [-0.25, -0.2) is 0 Å². The van der Waals surface area contributed by atoms with Crippen LogP contribution in [0.3, 0.4) is 0 Å². The number of rotatable bonds is 4. The zero-order valence-electron chi connectivity index (χ0n) is 7.62. The predicted molar refractivity (Wildman–Crippen MR) is 53.4 cm³/mol. The highest BCUT2D eigenvalue weighted by Gasteiger charge is 2.20. The van der Waals surface area contributed by atoms with Crippen LogP contribution in [-0.2, 0) is 4.79 Å². The Hall–Kier alpha value is -0.180. The molecule has 0 spiro atoms. The Morgan fingerprint density at radius 3 is 2.67 bits per heavy atom. The lowest BCUT2D eigenvalue weighted by Crippen LogP contribution is -2.34. The number of hydrogen-bond acceptors (Lipinski definition) is 2. The molecule has 0 unspecified atom stereocenters. The lowest BCUT2D eigenvalue weighted by Gasteiger charge is -2.30. The molecule has 0 N–H and O–H groups in total. The van der Waals surface area contributed by atoms with Crippen molar-refractivity contribution < 1.29 is 4.79 Å². The molecule has 0 aromatic carbocycles. The first-order valence-corrected chi connectivity index (χ1v) is 5.22. The fourth-order valence-electron chi connectivity index (χ4n) is 1.45. The van der Waals surface area contributed by atoms with Gasteiger partial charge < -0.3 is 4.90 Å². The fraction of sp³-hybridized carbons (Fsp3) is 0.889. The van der Waals surface area contributed by atoms with Gasteiger partial charge in [0.05, 0.1) is 0 Å². The molecule has 0 aromatic rings. The number of nitrogens with zero attached hydrogens (tertiary/aromatic N) is 1. The van der Waals surface area contributed by atoms with Gasteiger partial charge in [-0.3, -0.25) is 4.79 Å². The Balaban J connectivity index is 2.16. The van der Waals surface area contributed by atoms with E-state index in [2.05, 4.69) is 12.6 Å². The number of carbonyl (C=O) groups is 1. The van der Waals surface area contributed by atoms with E-state index in [9.17, 15) is 4.79 Å². The topological polar surface area (TPSA) is 20.3 Å². The molecule has 70 valence electrons. The van der Waals surface area contributed by atoms with Crippen LogP contribution >= 0.6 is 12.6 Å². The molecule has 2 nitrogen and oxygen atoms in total. The first kappa shape index (κ1) is 9.90. The van der Waals surface area contributed by atoms with E-state index in [-0.39, 0.29) is 5.91 Å². The zero-order valence-corrected chi connectivity index (χ0v) is 8.52. The molecule has 0 radical (unpaired) electrons. The third kappa shape index (κ3) is 2.70. The SMILES string of the molecule is CN(CC1CCC1)C(=O)CCS. The Labute approximate surface area is 79.7 Å². The third-order valence-electron chi connectivity index (χ3n) is 2.51. The van der Waals surface area contributed by atoms with Gasteiger partial charge in [-0.15, -0.1) is 0 Å². The van der Waals surface area contributed by atoms with Gasteiger partial charge in [0, 0.05) is 20.0 Å². The summed E-state index contributed by atoms with van der Waals surface area (Å²) < 4.78 is 0. The number of carbonyl (C=O) groups excluding carboxylic acids is 1. The standard InChI is InChI=1S/C9H17NOS/c1-10(9(11)5-6-12)7-8-3-2-4-8/h8,12H,2-7H2,1H3. The molecule has 12 heavy (non-hydrogen) atoms. The van der Waals surface area contributed by atoms with E-state index in [1.165, 1.54) is 19.3 Å². The molecule has 1 rings (SSSR count). The van der Waals surface area contributed by atoms with Crippen LogP contribution in [0, 0.1) is 5.92 Å². The quantitative estimate of drug-likeness (QED) is 0.662. The second kappa shape index (κ2) is 4.75. The summed E-state index contributed by atoms with van der Waals surface area (Å²) >= 11 is 4.03. The minimum absolute atomic E-state index is 0.233. The molecule has 1 aliphatic carbocycles. The molecule has 0 heterocycles. The molecule has 0 bridgehead atoms. The summed E-state index contributed by atoms with van der Waals surface area (Å²) in [5.74, 6) is 1.67. The van der Waals surface area contributed by atoms with Crippen LogP contribution in [0.25, 0.3) is 0 Å². The van der Waals surface area contributed by atoms with E-state index >= 15 is 0 Å². The highest BCUT2D eigenvalue weighted by Crippen LogP contribution is 2.26. The summed E-state index contributed by atoms with van der Waals surface area (Å²) in [5, 5.41) is 0. The summed E-state index contributed by atoms with van der Waals surface area (Å²) in [5.41, 5.74) is 0. The van der Waals surface area contributed by atoms with Crippen LogP contribution in [0.4, 0.5) is 0 Å². The highest BCUT2D eigenvalue weighted by atomic mass is 32.1. The summed E-state index contributed by atoms with van der Waals surface area (Å²) in [7, 11) is 1.89. The van der Waals surface area contributed by atoms with Crippen molar-refractivity contribution in [3.05, 3.63) is 0 Å². The van der Waals surface area contributed by atoms with Crippen molar-refractivity contribution in [1.29, 1.82) is 0 Å². The maximum absolute atomic E-state index is 11.3. The average molecular weight is 187 g/mol. The third-order valence-corrected chi connectivity index (χ3v) is 2.73. The molecule has 0 aromatic heterocycles. The molecule has 0 aliphatic heterocycles. The molecule has 1 aliphatic rings. The van der Waals surface area contributed by atoms with Crippen molar-refractivity contribution in [2.45, 2.75) is 25.7 Å². The van der Waals surface area contributed by atoms with Gasteiger partial charge >= 0.3 is 0 Å². The molecule has 1 saturated carbocycles. The number of amides is 1. The molecular weight excluding hydrogens is 170 g/mol. The van der Waals surface area contributed by atoms with Crippen LogP contribution in [0.1, 0.15) is 25.7 Å². The summed E-state index contributed by atoms with van der Waals surface area (Å²) in [6.45, 7) is 0.951. The normalized spacial score (nSPS) is 17.2. The Morgan fingerprint density at radius 2 is 2.25 bits per heavy atom.